The number of carbonyl (C=O) groups is 3. The molecule has 2 aromatic rings. The van der Waals surface area contributed by atoms with E-state index in [1.165, 1.54) is 0 Å². The smallest absolute Gasteiger partial charge is 0.407 e. The summed E-state index contributed by atoms with van der Waals surface area (Å²) in [5, 5.41) is 22.8. The highest BCUT2D eigenvalue weighted by Gasteiger charge is 2.29. The quantitative estimate of drug-likeness (QED) is 0.450. The number of carboxylic acid groups (broad SMARTS) is 1. The first-order valence-corrected chi connectivity index (χ1v) is 10.6. The van der Waals surface area contributed by atoms with Crippen molar-refractivity contribution in [2.45, 2.75) is 44.2 Å². The van der Waals surface area contributed by atoms with Crippen LogP contribution in [0.4, 0.5) is 4.79 Å². The predicted molar refractivity (Wildman–Crippen MR) is 118 cm³/mol. The Bertz CT molecular complexity index is 931. The van der Waals surface area contributed by atoms with Gasteiger partial charge in [0, 0.05) is 18.4 Å². The van der Waals surface area contributed by atoms with Gasteiger partial charge in [0.2, 0.25) is 5.91 Å². The Kier molecular flexibility index (Phi) is 7.83. The third-order valence-corrected chi connectivity index (χ3v) is 5.56. The molecule has 1 aliphatic rings. The fourth-order valence-electron chi connectivity index (χ4n) is 3.93. The Hall–Kier alpha value is -3.39. The number of carbonyl (C=O) groups excluding carboxylic acids is 2. The maximum absolute atomic E-state index is 12.3. The molecule has 8 heteroatoms. The minimum Gasteiger partial charge on any atom is -0.480 e. The van der Waals surface area contributed by atoms with Gasteiger partial charge in [-0.1, -0.05) is 48.5 Å². The van der Waals surface area contributed by atoms with E-state index in [9.17, 15) is 14.4 Å². The minimum atomic E-state index is -1.31. The number of aliphatic carboxylic acids is 1. The Morgan fingerprint density at radius 1 is 1.00 bits per heavy atom. The van der Waals surface area contributed by atoms with Gasteiger partial charge >= 0.3 is 12.1 Å². The van der Waals surface area contributed by atoms with Crippen molar-refractivity contribution in [1.82, 2.24) is 10.6 Å². The van der Waals surface area contributed by atoms with Gasteiger partial charge in [0.25, 0.3) is 0 Å². The van der Waals surface area contributed by atoms with Crippen LogP contribution in [0, 0.1) is 0 Å². The molecule has 0 aromatic heterocycles. The van der Waals surface area contributed by atoms with Gasteiger partial charge in [0.05, 0.1) is 6.61 Å². The molecule has 4 N–H and O–H groups in total. The van der Waals surface area contributed by atoms with E-state index in [0.717, 1.165) is 22.3 Å². The van der Waals surface area contributed by atoms with Crippen molar-refractivity contribution in [3.63, 3.8) is 0 Å². The Labute approximate surface area is 186 Å². The van der Waals surface area contributed by atoms with E-state index < -0.39 is 30.6 Å². The lowest BCUT2D eigenvalue weighted by molar-refractivity contribution is -0.142. The topological polar surface area (TPSA) is 125 Å². The molecule has 0 fully saturated rings. The number of ether oxygens (including phenoxy) is 1. The summed E-state index contributed by atoms with van der Waals surface area (Å²) in [5.74, 6) is -1.76. The number of alkyl carbamates (subject to hydrolysis) is 1. The third kappa shape index (κ3) is 5.64. The highest BCUT2D eigenvalue weighted by Crippen LogP contribution is 2.44. The average Bonchev–Trinajstić information content (AvgIpc) is 3.09. The Morgan fingerprint density at radius 3 is 2.16 bits per heavy atom. The maximum Gasteiger partial charge on any atom is 0.407 e. The number of rotatable bonds is 10. The summed E-state index contributed by atoms with van der Waals surface area (Å²) < 4.78 is 5.51. The van der Waals surface area contributed by atoms with Crippen LogP contribution in [0.25, 0.3) is 11.1 Å². The van der Waals surface area contributed by atoms with Crippen LogP contribution in [0.5, 0.6) is 0 Å². The molecule has 0 aliphatic heterocycles. The van der Waals surface area contributed by atoms with Crippen molar-refractivity contribution in [1.29, 1.82) is 0 Å². The second-order valence-corrected chi connectivity index (χ2v) is 7.90. The van der Waals surface area contributed by atoms with Gasteiger partial charge in [0.15, 0.2) is 0 Å². The predicted octanol–water partition coefficient (Wildman–Crippen LogP) is 2.65. The number of hydrogen-bond donors (Lipinski definition) is 4. The molecule has 32 heavy (non-hydrogen) atoms. The summed E-state index contributed by atoms with van der Waals surface area (Å²) in [6.07, 6.45) is 0.554. The molecule has 0 saturated heterocycles. The first kappa shape index (κ1) is 23.3. The number of amides is 2. The maximum atomic E-state index is 12.3. The normalized spacial score (nSPS) is 14.1. The van der Waals surface area contributed by atoms with Crippen molar-refractivity contribution in [2.75, 3.05) is 13.2 Å². The average molecular weight is 440 g/mol. The van der Waals surface area contributed by atoms with Crippen LogP contribution < -0.4 is 10.6 Å². The van der Waals surface area contributed by atoms with Crippen LogP contribution in [0.2, 0.25) is 0 Å². The Balaban J connectivity index is 1.43. The molecule has 1 unspecified atom stereocenters. The first-order valence-electron chi connectivity index (χ1n) is 10.6. The van der Waals surface area contributed by atoms with Gasteiger partial charge in [-0.2, -0.15) is 0 Å². The molecule has 3 rings (SSSR count). The minimum absolute atomic E-state index is 0.0131. The summed E-state index contributed by atoms with van der Waals surface area (Å²) >= 11 is 0. The number of aliphatic hydroxyl groups excluding tert-OH is 1. The van der Waals surface area contributed by atoms with Crippen molar-refractivity contribution in [3.05, 3.63) is 59.7 Å². The summed E-state index contributed by atoms with van der Waals surface area (Å²) in [6.45, 7) is 1.38. The molecular formula is C24H28N2O6. The zero-order chi connectivity index (χ0) is 23.1. The summed E-state index contributed by atoms with van der Waals surface area (Å²) in [7, 11) is 0. The van der Waals surface area contributed by atoms with E-state index >= 15 is 0 Å². The van der Waals surface area contributed by atoms with Crippen molar-refractivity contribution < 1.29 is 29.3 Å². The molecule has 8 nitrogen and oxygen atoms in total. The molecule has 2 aromatic carbocycles. The highest BCUT2D eigenvalue weighted by atomic mass is 16.5. The number of benzene rings is 2. The first-order chi connectivity index (χ1) is 15.4. The zero-order valence-corrected chi connectivity index (χ0v) is 17.9. The highest BCUT2D eigenvalue weighted by molar-refractivity contribution is 5.83. The second-order valence-electron chi connectivity index (χ2n) is 7.90. The summed E-state index contributed by atoms with van der Waals surface area (Å²) in [5.41, 5.74) is 4.61. The molecule has 2 amide bonds. The number of carboxylic acids is 1. The summed E-state index contributed by atoms with van der Waals surface area (Å²) in [4.78, 5) is 34.9. The standard InChI is InChI=1S/C24H28N2O6/c1-15(7-6-12-22(28)26-21(13-27)23(29)30)25-24(31)32-14-20-18-10-4-2-8-16(18)17-9-3-5-11-19(17)20/h2-5,8-11,15,20-21,27H,6-7,12-14H2,1H3,(H,25,31)(H,26,28)(H,29,30)/t15?,21-/m1/s1. The fraction of sp³-hybridized carbons (Fsp3) is 0.375. The van der Waals surface area contributed by atoms with E-state index in [1.807, 2.05) is 31.2 Å². The molecule has 170 valence electrons. The van der Waals surface area contributed by atoms with Gasteiger partial charge < -0.3 is 25.6 Å². The van der Waals surface area contributed by atoms with Gasteiger partial charge in [-0.25, -0.2) is 9.59 Å². The SMILES string of the molecule is CC(CCCC(=O)N[C@H](CO)C(=O)O)NC(=O)OCC1c2ccccc2-c2ccccc21. The van der Waals surface area contributed by atoms with Crippen molar-refractivity contribution in [3.8, 4) is 11.1 Å². The molecule has 1 aliphatic carbocycles. The van der Waals surface area contributed by atoms with E-state index in [2.05, 4.69) is 34.9 Å². The van der Waals surface area contributed by atoms with E-state index in [1.54, 1.807) is 0 Å². The second kappa shape index (κ2) is 10.8. The third-order valence-electron chi connectivity index (χ3n) is 5.56. The monoisotopic (exact) mass is 440 g/mol. The van der Waals surface area contributed by atoms with Gasteiger partial charge in [-0.15, -0.1) is 0 Å². The van der Waals surface area contributed by atoms with Crippen LogP contribution in [0.3, 0.4) is 0 Å². The molecular weight excluding hydrogens is 412 g/mol. The van der Waals surface area contributed by atoms with Gasteiger partial charge in [0.1, 0.15) is 12.6 Å². The lowest BCUT2D eigenvalue weighted by Crippen LogP contribution is -2.43. The zero-order valence-electron chi connectivity index (χ0n) is 17.9. The molecule has 0 heterocycles. The van der Waals surface area contributed by atoms with Gasteiger partial charge in [-0.05, 0) is 42.0 Å². The number of aliphatic hydroxyl groups is 1. The van der Waals surface area contributed by atoms with Crippen molar-refractivity contribution in [2.24, 2.45) is 0 Å². The van der Waals surface area contributed by atoms with Crippen LogP contribution in [-0.2, 0) is 14.3 Å². The van der Waals surface area contributed by atoms with Crippen LogP contribution >= 0.6 is 0 Å². The largest absolute Gasteiger partial charge is 0.480 e. The van der Waals surface area contributed by atoms with E-state index in [4.69, 9.17) is 14.9 Å². The van der Waals surface area contributed by atoms with E-state index in [-0.39, 0.29) is 25.0 Å². The summed E-state index contributed by atoms with van der Waals surface area (Å²) in [6, 6.07) is 14.7. The number of nitrogens with one attached hydrogen (secondary N) is 2. The molecule has 0 spiro atoms. The molecule has 0 bridgehead atoms. The van der Waals surface area contributed by atoms with Crippen LogP contribution in [0.15, 0.2) is 48.5 Å². The lowest BCUT2D eigenvalue weighted by atomic mass is 9.98. The fourth-order valence-corrected chi connectivity index (χ4v) is 3.93. The number of hydrogen-bond acceptors (Lipinski definition) is 5. The van der Waals surface area contributed by atoms with Crippen LogP contribution in [0.1, 0.15) is 43.2 Å². The molecule has 0 saturated carbocycles. The Morgan fingerprint density at radius 2 is 1.59 bits per heavy atom. The lowest BCUT2D eigenvalue weighted by Gasteiger charge is -2.17. The van der Waals surface area contributed by atoms with Crippen molar-refractivity contribution >= 4 is 18.0 Å². The van der Waals surface area contributed by atoms with Gasteiger partial charge in [-0.3, -0.25) is 4.79 Å². The molecule has 0 radical (unpaired) electrons. The molecule has 2 atom stereocenters. The van der Waals surface area contributed by atoms with E-state index in [0.29, 0.717) is 12.8 Å². The number of fused-ring (bicyclic) bond motifs is 3. The van der Waals surface area contributed by atoms with Crippen LogP contribution in [-0.4, -0.2) is 53.5 Å².